The Balaban J connectivity index is 1.91. The largest absolute Gasteiger partial charge is 0.478 e. The number of carbonyl (C=O) groups is 3. The Bertz CT molecular complexity index is 798. The minimum absolute atomic E-state index is 0.0275. The fourth-order valence-corrected chi connectivity index (χ4v) is 2.35. The average Bonchev–Trinajstić information content (AvgIpc) is 2.71. The Morgan fingerprint density at radius 1 is 0.929 bits per heavy atom. The topological polar surface area (TPSA) is 99.2 Å². The number of carbonyl (C=O) groups excluding carboxylic acids is 2. The number of nitrogens with one attached hydrogen (secondary N) is 1. The number of urea groups is 1. The lowest BCUT2D eigenvalue weighted by atomic mass is 10.1. The highest BCUT2D eigenvalue weighted by Crippen LogP contribution is 2.09. The van der Waals surface area contributed by atoms with E-state index in [1.54, 1.807) is 24.3 Å². The third kappa shape index (κ3) is 6.01. The Hall–Kier alpha value is -3.55. The maximum absolute atomic E-state index is 12.3. The molecule has 2 N–H and O–H groups in total. The molecule has 148 valence electrons. The molecule has 0 aliphatic carbocycles. The maximum atomic E-state index is 12.3. The van der Waals surface area contributed by atoms with Crippen LogP contribution in [0.1, 0.15) is 11.1 Å². The third-order valence-electron chi connectivity index (χ3n) is 4.08. The zero-order valence-electron chi connectivity index (χ0n) is 15.7. The summed E-state index contributed by atoms with van der Waals surface area (Å²) in [5, 5.41) is 13.9. The number of ether oxygens (including phenoxy) is 1. The number of carboxylic acids is 1. The maximum Gasteiger partial charge on any atom is 0.429 e. The van der Waals surface area contributed by atoms with Crippen LogP contribution in [0.5, 0.6) is 0 Å². The summed E-state index contributed by atoms with van der Waals surface area (Å²) in [7, 11) is 2.71. The highest BCUT2D eigenvalue weighted by Gasteiger charge is 2.27. The van der Waals surface area contributed by atoms with E-state index in [-0.39, 0.29) is 6.42 Å². The number of hydrazine groups is 1. The molecule has 2 aromatic rings. The first-order valence-electron chi connectivity index (χ1n) is 8.65. The predicted octanol–water partition coefficient (Wildman–Crippen LogP) is 2.51. The molecule has 0 radical (unpaired) electrons. The monoisotopic (exact) mass is 385 g/mol. The van der Waals surface area contributed by atoms with Crippen molar-refractivity contribution in [3.63, 3.8) is 0 Å². The van der Waals surface area contributed by atoms with Crippen molar-refractivity contribution in [1.29, 1.82) is 0 Å². The van der Waals surface area contributed by atoms with Gasteiger partial charge in [-0.15, -0.1) is 0 Å². The van der Waals surface area contributed by atoms with Gasteiger partial charge in [-0.2, -0.15) is 0 Å². The van der Waals surface area contributed by atoms with Crippen molar-refractivity contribution in [2.24, 2.45) is 0 Å². The molecule has 0 spiro atoms. The van der Waals surface area contributed by atoms with Crippen molar-refractivity contribution in [3.05, 3.63) is 71.8 Å². The van der Waals surface area contributed by atoms with Crippen molar-refractivity contribution < 1.29 is 24.2 Å². The van der Waals surface area contributed by atoms with E-state index in [1.807, 2.05) is 36.4 Å². The van der Waals surface area contributed by atoms with Crippen LogP contribution in [0, 0.1) is 0 Å². The van der Waals surface area contributed by atoms with Crippen LogP contribution in [0.3, 0.4) is 0 Å². The van der Waals surface area contributed by atoms with Crippen LogP contribution in [0.25, 0.3) is 0 Å². The highest BCUT2D eigenvalue weighted by atomic mass is 16.6. The van der Waals surface area contributed by atoms with Crippen molar-refractivity contribution in [2.75, 3.05) is 14.1 Å². The SMILES string of the molecule is CN(C(=O)NCc1ccccc1)N(C)C(=O)OC(Cc1ccccc1)C(=O)O. The van der Waals surface area contributed by atoms with Crippen LogP contribution >= 0.6 is 0 Å². The first-order valence-corrected chi connectivity index (χ1v) is 8.65. The van der Waals surface area contributed by atoms with E-state index in [4.69, 9.17) is 4.74 Å². The molecule has 0 aliphatic rings. The summed E-state index contributed by atoms with van der Waals surface area (Å²) in [4.78, 5) is 35.9. The molecule has 0 heterocycles. The number of amides is 3. The molecule has 2 aromatic carbocycles. The average molecular weight is 385 g/mol. The van der Waals surface area contributed by atoms with Crippen LogP contribution < -0.4 is 5.32 Å². The number of aliphatic carboxylic acids is 1. The van der Waals surface area contributed by atoms with Crippen LogP contribution in [-0.2, 0) is 22.5 Å². The molecule has 8 heteroatoms. The Morgan fingerprint density at radius 3 is 2.00 bits per heavy atom. The number of hydrogen-bond donors (Lipinski definition) is 2. The van der Waals surface area contributed by atoms with Crippen molar-refractivity contribution in [2.45, 2.75) is 19.1 Å². The van der Waals surface area contributed by atoms with Gasteiger partial charge in [-0.25, -0.2) is 24.4 Å². The molecule has 0 aliphatic heterocycles. The summed E-state index contributed by atoms with van der Waals surface area (Å²) in [5.74, 6) is -1.26. The van der Waals surface area contributed by atoms with Gasteiger partial charge in [0.05, 0.1) is 0 Å². The quantitative estimate of drug-likeness (QED) is 0.745. The van der Waals surface area contributed by atoms with E-state index >= 15 is 0 Å². The second-order valence-electron chi connectivity index (χ2n) is 6.09. The van der Waals surface area contributed by atoms with E-state index in [0.29, 0.717) is 6.54 Å². The first-order chi connectivity index (χ1) is 13.4. The molecule has 0 saturated heterocycles. The third-order valence-corrected chi connectivity index (χ3v) is 4.08. The van der Waals surface area contributed by atoms with Gasteiger partial charge in [0, 0.05) is 27.1 Å². The van der Waals surface area contributed by atoms with Crippen molar-refractivity contribution in [3.8, 4) is 0 Å². The lowest BCUT2D eigenvalue weighted by Crippen LogP contribution is -2.50. The summed E-state index contributed by atoms with van der Waals surface area (Å²) in [5.41, 5.74) is 1.63. The molecule has 8 nitrogen and oxygen atoms in total. The Labute approximate surface area is 163 Å². The lowest BCUT2D eigenvalue weighted by molar-refractivity contribution is -0.147. The summed E-state index contributed by atoms with van der Waals surface area (Å²) >= 11 is 0. The zero-order valence-corrected chi connectivity index (χ0v) is 15.7. The summed E-state index contributed by atoms with van der Waals surface area (Å²) in [6, 6.07) is 17.6. The number of nitrogens with zero attached hydrogens (tertiary/aromatic N) is 2. The van der Waals surface area contributed by atoms with E-state index in [1.165, 1.54) is 14.1 Å². The van der Waals surface area contributed by atoms with Gasteiger partial charge in [0.15, 0.2) is 0 Å². The summed E-state index contributed by atoms with van der Waals surface area (Å²) < 4.78 is 5.08. The molecule has 2 rings (SSSR count). The minimum Gasteiger partial charge on any atom is -0.478 e. The second-order valence-corrected chi connectivity index (χ2v) is 6.09. The molecule has 0 saturated carbocycles. The van der Waals surface area contributed by atoms with Crippen molar-refractivity contribution >= 4 is 18.1 Å². The Kier molecular flexibility index (Phi) is 7.38. The smallest absolute Gasteiger partial charge is 0.429 e. The molecule has 0 aromatic heterocycles. The van der Waals surface area contributed by atoms with Gasteiger partial charge in [0.25, 0.3) is 0 Å². The molecule has 3 amide bonds. The highest BCUT2D eigenvalue weighted by molar-refractivity contribution is 5.80. The van der Waals surface area contributed by atoms with Crippen LogP contribution in [0.15, 0.2) is 60.7 Å². The molecule has 1 unspecified atom stereocenters. The van der Waals surface area contributed by atoms with Gasteiger partial charge in [0.2, 0.25) is 6.10 Å². The number of hydrogen-bond acceptors (Lipinski definition) is 4. The fraction of sp³-hybridized carbons (Fsp3) is 0.250. The predicted molar refractivity (Wildman–Crippen MR) is 102 cm³/mol. The molecular weight excluding hydrogens is 362 g/mol. The van der Waals surface area contributed by atoms with Gasteiger partial charge in [0.1, 0.15) is 0 Å². The lowest BCUT2D eigenvalue weighted by Gasteiger charge is -2.28. The van der Waals surface area contributed by atoms with Crippen molar-refractivity contribution in [1.82, 2.24) is 15.3 Å². The summed E-state index contributed by atoms with van der Waals surface area (Å²) in [6.07, 6.45) is -2.28. The molecule has 0 fully saturated rings. The van der Waals surface area contributed by atoms with Gasteiger partial charge in [-0.3, -0.25) is 0 Å². The molecular formula is C20H23N3O5. The van der Waals surface area contributed by atoms with Gasteiger partial charge in [-0.1, -0.05) is 60.7 Å². The number of benzene rings is 2. The molecule has 1 atom stereocenters. The van der Waals surface area contributed by atoms with Gasteiger partial charge in [-0.05, 0) is 11.1 Å². The van der Waals surface area contributed by atoms with Gasteiger partial charge >= 0.3 is 18.1 Å². The minimum atomic E-state index is -1.36. The zero-order chi connectivity index (χ0) is 20.5. The van der Waals surface area contributed by atoms with E-state index < -0.39 is 24.2 Å². The fourth-order valence-electron chi connectivity index (χ4n) is 2.35. The second kappa shape index (κ2) is 9.96. The molecule has 28 heavy (non-hydrogen) atoms. The van der Waals surface area contributed by atoms with Crippen LogP contribution in [0.4, 0.5) is 9.59 Å². The summed E-state index contributed by atoms with van der Waals surface area (Å²) in [6.45, 7) is 0.290. The van der Waals surface area contributed by atoms with Gasteiger partial charge < -0.3 is 15.2 Å². The van der Waals surface area contributed by atoms with E-state index in [0.717, 1.165) is 21.1 Å². The first kappa shape index (κ1) is 20.8. The normalized spacial score (nSPS) is 11.2. The number of carboxylic acid groups (broad SMARTS) is 1. The van der Waals surface area contributed by atoms with Crippen LogP contribution in [-0.4, -0.2) is 53.4 Å². The molecule has 0 bridgehead atoms. The standard InChI is InChI=1S/C20H23N3O5/c1-22(19(26)21-14-16-11-7-4-8-12-16)23(2)20(27)28-17(18(24)25)13-15-9-5-3-6-10-15/h3-12,17H,13-14H2,1-2H3,(H,21,26)(H,24,25). The Morgan fingerprint density at radius 2 is 1.46 bits per heavy atom. The number of rotatable bonds is 6. The van der Waals surface area contributed by atoms with Crippen LogP contribution in [0.2, 0.25) is 0 Å². The van der Waals surface area contributed by atoms with E-state index in [9.17, 15) is 19.5 Å². The van der Waals surface area contributed by atoms with E-state index in [2.05, 4.69) is 5.32 Å².